The molecule has 0 aliphatic carbocycles. The molecule has 0 aliphatic heterocycles. The minimum atomic E-state index is -0.973. The van der Waals surface area contributed by atoms with Crippen LogP contribution in [0.3, 0.4) is 0 Å². The predicted octanol–water partition coefficient (Wildman–Crippen LogP) is 4.17. The lowest BCUT2D eigenvalue weighted by atomic mass is 9.96. The highest BCUT2D eigenvalue weighted by Crippen LogP contribution is 2.22. The van der Waals surface area contributed by atoms with Gasteiger partial charge < -0.3 is 15.6 Å². The first-order valence-corrected chi connectivity index (χ1v) is 12.7. The van der Waals surface area contributed by atoms with Crippen molar-refractivity contribution >= 4 is 17.9 Å². The number of hydrogen-bond acceptors (Lipinski definition) is 6. The summed E-state index contributed by atoms with van der Waals surface area (Å²) in [7, 11) is 0. The third-order valence-electron chi connectivity index (χ3n) is 6.12. The van der Waals surface area contributed by atoms with Crippen molar-refractivity contribution < 1.29 is 24.2 Å². The quantitative estimate of drug-likeness (QED) is 0.412. The largest absolute Gasteiger partial charge is 0.508 e. The fourth-order valence-electron chi connectivity index (χ4n) is 4.08. The summed E-state index contributed by atoms with van der Waals surface area (Å²) in [4.78, 5) is 40.0. The zero-order valence-electron chi connectivity index (χ0n) is 22.8. The molecule has 0 saturated carbocycles. The van der Waals surface area contributed by atoms with Crippen LogP contribution in [-0.4, -0.2) is 52.1 Å². The fourth-order valence-corrected chi connectivity index (χ4v) is 4.08. The minimum absolute atomic E-state index is 0.145. The summed E-state index contributed by atoms with van der Waals surface area (Å²) in [6.45, 7) is 10.8. The molecule has 3 amide bonds. The lowest BCUT2D eigenvalue weighted by Crippen LogP contribution is -2.53. The Balaban J connectivity index is 2.03. The molecule has 0 aromatic heterocycles. The maximum atomic E-state index is 13.0. The van der Waals surface area contributed by atoms with Crippen molar-refractivity contribution in [2.24, 2.45) is 5.73 Å². The van der Waals surface area contributed by atoms with Crippen molar-refractivity contribution in [2.75, 3.05) is 6.54 Å². The molecular formula is C29H41N3O5. The van der Waals surface area contributed by atoms with Crippen LogP contribution in [0, 0.1) is 13.8 Å². The Morgan fingerprint density at radius 2 is 1.62 bits per heavy atom. The lowest BCUT2D eigenvalue weighted by Gasteiger charge is -2.31. The number of hydrogen-bond donors (Lipinski definition) is 3. The first-order chi connectivity index (χ1) is 17.3. The van der Waals surface area contributed by atoms with Gasteiger partial charge in [-0.3, -0.25) is 19.8 Å². The molecule has 37 heavy (non-hydrogen) atoms. The van der Waals surface area contributed by atoms with E-state index in [1.54, 1.807) is 39.8 Å². The Morgan fingerprint density at radius 3 is 2.19 bits per heavy atom. The molecule has 2 aromatic rings. The van der Waals surface area contributed by atoms with Gasteiger partial charge in [0.1, 0.15) is 17.4 Å². The summed E-state index contributed by atoms with van der Waals surface area (Å²) >= 11 is 0. The van der Waals surface area contributed by atoms with Gasteiger partial charge in [0.05, 0.1) is 6.04 Å². The van der Waals surface area contributed by atoms with E-state index in [9.17, 15) is 19.5 Å². The molecule has 202 valence electrons. The molecule has 8 nitrogen and oxygen atoms in total. The average Bonchev–Trinajstić information content (AvgIpc) is 2.80. The van der Waals surface area contributed by atoms with Gasteiger partial charge in [0.2, 0.25) is 11.8 Å². The van der Waals surface area contributed by atoms with E-state index in [2.05, 4.69) is 17.4 Å². The van der Waals surface area contributed by atoms with Crippen LogP contribution in [0.2, 0.25) is 0 Å². The maximum Gasteiger partial charge on any atom is 0.410 e. The number of benzene rings is 2. The van der Waals surface area contributed by atoms with Crippen LogP contribution in [0.5, 0.6) is 5.75 Å². The SMILES string of the molecule is Cc1cc(O)cc(C)c1C[C@H](N)C(=O)NC(=O)[C@@H](C)N(CCCCc1ccccc1)C(=O)OC(C)(C)C. The normalized spacial score (nSPS) is 12.9. The molecule has 0 radical (unpaired) electrons. The zero-order valence-corrected chi connectivity index (χ0v) is 22.8. The number of unbranched alkanes of at least 4 members (excludes halogenated alkanes) is 1. The van der Waals surface area contributed by atoms with Gasteiger partial charge in [-0.25, -0.2) is 4.79 Å². The highest BCUT2D eigenvalue weighted by Gasteiger charge is 2.31. The Kier molecular flexibility index (Phi) is 10.7. The van der Waals surface area contributed by atoms with Crippen LogP contribution in [-0.2, 0) is 27.2 Å². The first-order valence-electron chi connectivity index (χ1n) is 12.7. The number of rotatable bonds is 10. The molecule has 0 unspecified atom stereocenters. The molecule has 0 fully saturated rings. The van der Waals surface area contributed by atoms with Crippen molar-refractivity contribution in [3.8, 4) is 5.75 Å². The second-order valence-corrected chi connectivity index (χ2v) is 10.5. The Hall–Kier alpha value is -3.39. The molecule has 2 atom stereocenters. The smallest absolute Gasteiger partial charge is 0.410 e. The van der Waals surface area contributed by atoms with E-state index in [1.807, 2.05) is 32.0 Å². The van der Waals surface area contributed by atoms with Gasteiger partial charge >= 0.3 is 6.09 Å². The third kappa shape index (κ3) is 9.53. The second kappa shape index (κ2) is 13.2. The summed E-state index contributed by atoms with van der Waals surface area (Å²) in [5.74, 6) is -1.10. The van der Waals surface area contributed by atoms with E-state index in [0.29, 0.717) is 13.0 Å². The second-order valence-electron chi connectivity index (χ2n) is 10.5. The number of nitrogens with zero attached hydrogens (tertiary/aromatic N) is 1. The first kappa shape index (κ1) is 29.8. The van der Waals surface area contributed by atoms with Crippen LogP contribution < -0.4 is 11.1 Å². The summed E-state index contributed by atoms with van der Waals surface area (Å²) in [6.07, 6.45) is 1.95. The Labute approximate surface area is 220 Å². The standard InChI is InChI=1S/C29H41N3O5/c1-19-16-23(33)17-20(2)24(19)18-25(30)27(35)31-26(34)21(3)32(28(36)37-29(4,5)6)15-11-10-14-22-12-8-7-9-13-22/h7-9,12-13,16-17,21,25,33H,10-11,14-15,18,30H2,1-6H3,(H,31,34,35)/t21-,25+/m1/s1. The number of phenolic OH excluding ortho intramolecular Hbond substituents is 1. The van der Waals surface area contributed by atoms with Crippen molar-refractivity contribution in [3.63, 3.8) is 0 Å². The van der Waals surface area contributed by atoms with Crippen molar-refractivity contribution in [1.29, 1.82) is 0 Å². The van der Waals surface area contributed by atoms with Gasteiger partial charge in [0.25, 0.3) is 0 Å². The van der Waals surface area contributed by atoms with Gasteiger partial charge in [-0.15, -0.1) is 0 Å². The summed E-state index contributed by atoms with van der Waals surface area (Å²) in [5, 5.41) is 12.1. The van der Waals surface area contributed by atoms with E-state index in [1.165, 1.54) is 10.5 Å². The molecule has 8 heteroatoms. The number of aromatic hydroxyl groups is 1. The number of imide groups is 1. The molecule has 2 rings (SSSR count). The van der Waals surface area contributed by atoms with Crippen molar-refractivity contribution in [1.82, 2.24) is 10.2 Å². The topological polar surface area (TPSA) is 122 Å². The fraction of sp³-hybridized carbons (Fsp3) is 0.483. The zero-order chi connectivity index (χ0) is 27.8. The molecule has 0 saturated heterocycles. The van der Waals surface area contributed by atoms with E-state index in [-0.39, 0.29) is 12.2 Å². The molecule has 0 aliphatic rings. The van der Waals surface area contributed by atoms with Gasteiger partial charge in [-0.1, -0.05) is 30.3 Å². The number of amides is 3. The molecule has 0 heterocycles. The van der Waals surface area contributed by atoms with E-state index in [0.717, 1.165) is 29.5 Å². The van der Waals surface area contributed by atoms with Crippen molar-refractivity contribution in [3.05, 3.63) is 64.7 Å². The highest BCUT2D eigenvalue weighted by molar-refractivity contribution is 6.00. The number of carbonyl (C=O) groups is 3. The molecule has 0 bridgehead atoms. The number of nitrogens with one attached hydrogen (secondary N) is 1. The number of phenols is 1. The van der Waals surface area contributed by atoms with E-state index in [4.69, 9.17) is 10.5 Å². The van der Waals surface area contributed by atoms with Crippen molar-refractivity contribution in [2.45, 2.75) is 84.9 Å². The van der Waals surface area contributed by atoms with Gasteiger partial charge in [0, 0.05) is 6.54 Å². The summed E-state index contributed by atoms with van der Waals surface area (Å²) in [5.41, 5.74) is 9.06. The third-order valence-corrected chi connectivity index (χ3v) is 6.12. The average molecular weight is 512 g/mol. The lowest BCUT2D eigenvalue weighted by molar-refractivity contribution is -0.134. The summed E-state index contributed by atoms with van der Waals surface area (Å²) < 4.78 is 5.53. The summed E-state index contributed by atoms with van der Waals surface area (Å²) in [6, 6.07) is 11.4. The number of carbonyl (C=O) groups excluding carboxylic acids is 3. The predicted molar refractivity (Wildman–Crippen MR) is 144 cm³/mol. The minimum Gasteiger partial charge on any atom is -0.508 e. The van der Waals surface area contributed by atoms with Crippen LogP contribution in [0.25, 0.3) is 0 Å². The van der Waals surface area contributed by atoms with Crippen LogP contribution in [0.4, 0.5) is 4.79 Å². The van der Waals surface area contributed by atoms with Gasteiger partial charge in [0.15, 0.2) is 0 Å². The van der Waals surface area contributed by atoms with Gasteiger partial charge in [-0.05, 0) is 102 Å². The van der Waals surface area contributed by atoms with E-state index >= 15 is 0 Å². The molecular weight excluding hydrogens is 470 g/mol. The monoisotopic (exact) mass is 511 g/mol. The highest BCUT2D eigenvalue weighted by atomic mass is 16.6. The van der Waals surface area contributed by atoms with Crippen LogP contribution in [0.15, 0.2) is 42.5 Å². The molecule has 0 spiro atoms. The molecule has 2 aromatic carbocycles. The number of ether oxygens (including phenoxy) is 1. The number of nitrogens with two attached hydrogens (primary N) is 1. The van der Waals surface area contributed by atoms with Gasteiger partial charge in [-0.2, -0.15) is 0 Å². The maximum absolute atomic E-state index is 13.0. The van der Waals surface area contributed by atoms with E-state index < -0.39 is 35.6 Å². The Bertz CT molecular complexity index is 1060. The van der Waals surface area contributed by atoms with Crippen LogP contribution >= 0.6 is 0 Å². The Morgan fingerprint density at radius 1 is 1.03 bits per heavy atom. The number of aryl methyl sites for hydroxylation is 3. The van der Waals surface area contributed by atoms with Crippen LogP contribution in [0.1, 0.15) is 62.8 Å². The molecule has 4 N–H and O–H groups in total.